The van der Waals surface area contributed by atoms with Crippen LogP contribution in [0.1, 0.15) is 24.1 Å². The van der Waals surface area contributed by atoms with Crippen molar-refractivity contribution < 1.29 is 9.32 Å². The Bertz CT molecular complexity index is 582. The molecule has 1 aliphatic rings. The van der Waals surface area contributed by atoms with Gasteiger partial charge in [0.1, 0.15) is 5.69 Å². The van der Waals surface area contributed by atoms with Crippen LogP contribution in [-0.4, -0.2) is 11.1 Å². The van der Waals surface area contributed by atoms with Crippen LogP contribution >= 0.6 is 0 Å². The quantitative estimate of drug-likeness (QED) is 0.915. The number of benzene rings is 1. The normalized spacial score (nSPS) is 14.4. The maximum Gasteiger partial charge on any atom is 0.223 e. The molecule has 1 aliphatic carbocycles. The first-order chi connectivity index (χ1) is 9.22. The summed E-state index contributed by atoms with van der Waals surface area (Å²) >= 11 is 0. The molecule has 1 N–H and O–H groups in total. The van der Waals surface area contributed by atoms with Gasteiger partial charge in [0.15, 0.2) is 5.76 Å². The van der Waals surface area contributed by atoms with Gasteiger partial charge in [-0.1, -0.05) is 35.0 Å². The maximum absolute atomic E-state index is 11.5. The van der Waals surface area contributed by atoms with E-state index in [9.17, 15) is 4.79 Å². The van der Waals surface area contributed by atoms with Crippen molar-refractivity contribution in [2.24, 2.45) is 5.92 Å². The third kappa shape index (κ3) is 2.84. The first-order valence-corrected chi connectivity index (χ1v) is 6.53. The van der Waals surface area contributed by atoms with Crippen LogP contribution in [-0.2, 0) is 11.3 Å². The van der Waals surface area contributed by atoms with Gasteiger partial charge in [0.25, 0.3) is 0 Å². The van der Waals surface area contributed by atoms with E-state index in [-0.39, 0.29) is 11.8 Å². The first-order valence-electron chi connectivity index (χ1n) is 6.53. The fourth-order valence-corrected chi connectivity index (χ4v) is 1.92. The van der Waals surface area contributed by atoms with Gasteiger partial charge in [-0.15, -0.1) is 0 Å². The molecule has 98 valence electrons. The van der Waals surface area contributed by atoms with Crippen molar-refractivity contribution >= 4 is 5.91 Å². The largest absolute Gasteiger partial charge is 0.356 e. The molecule has 1 fully saturated rings. The zero-order valence-corrected chi connectivity index (χ0v) is 10.8. The van der Waals surface area contributed by atoms with Crippen LogP contribution in [0.4, 0.5) is 0 Å². The summed E-state index contributed by atoms with van der Waals surface area (Å²) in [7, 11) is 0. The van der Waals surface area contributed by atoms with Crippen molar-refractivity contribution in [2.75, 3.05) is 0 Å². The van der Waals surface area contributed by atoms with E-state index in [1.807, 2.05) is 37.3 Å². The number of rotatable bonds is 4. The lowest BCUT2D eigenvalue weighted by atomic mass is 10.1. The summed E-state index contributed by atoms with van der Waals surface area (Å²) in [5.41, 5.74) is 2.96. The third-order valence-electron chi connectivity index (χ3n) is 3.29. The van der Waals surface area contributed by atoms with Crippen molar-refractivity contribution in [3.63, 3.8) is 0 Å². The van der Waals surface area contributed by atoms with Crippen molar-refractivity contribution in [1.29, 1.82) is 0 Å². The number of nitrogens with one attached hydrogen (secondary N) is 1. The average Bonchev–Trinajstić information content (AvgIpc) is 3.16. The van der Waals surface area contributed by atoms with Gasteiger partial charge in [-0.05, 0) is 19.8 Å². The van der Waals surface area contributed by atoms with Gasteiger partial charge in [0, 0.05) is 17.5 Å². The Balaban J connectivity index is 1.65. The van der Waals surface area contributed by atoms with E-state index >= 15 is 0 Å². The summed E-state index contributed by atoms with van der Waals surface area (Å²) in [5.74, 6) is 1.08. The molecule has 0 spiro atoms. The molecule has 4 heteroatoms. The molecule has 19 heavy (non-hydrogen) atoms. The van der Waals surface area contributed by atoms with Crippen molar-refractivity contribution in [3.05, 3.63) is 41.6 Å². The van der Waals surface area contributed by atoms with Crippen LogP contribution in [0.15, 0.2) is 34.9 Å². The van der Waals surface area contributed by atoms with E-state index in [0.717, 1.165) is 29.9 Å². The van der Waals surface area contributed by atoms with Gasteiger partial charge in [-0.25, -0.2) is 0 Å². The summed E-state index contributed by atoms with van der Waals surface area (Å²) in [6.45, 7) is 2.48. The maximum atomic E-state index is 11.5. The van der Waals surface area contributed by atoms with Crippen LogP contribution in [0.25, 0.3) is 11.3 Å². The molecule has 4 nitrogen and oxygen atoms in total. The number of carbonyl (C=O) groups excluding carboxylic acids is 1. The molecule has 3 rings (SSSR count). The summed E-state index contributed by atoms with van der Waals surface area (Å²) < 4.78 is 5.30. The number of amides is 1. The smallest absolute Gasteiger partial charge is 0.223 e. The van der Waals surface area contributed by atoms with Gasteiger partial charge < -0.3 is 9.84 Å². The van der Waals surface area contributed by atoms with Crippen LogP contribution in [0.2, 0.25) is 0 Å². The number of aromatic nitrogens is 1. The van der Waals surface area contributed by atoms with Crippen LogP contribution < -0.4 is 5.32 Å². The SMILES string of the molecule is Cc1ccc(-c2cc(CNC(=O)C3CC3)no2)cc1. The monoisotopic (exact) mass is 256 g/mol. The Kier molecular flexibility index (Phi) is 3.07. The number of hydrogen-bond donors (Lipinski definition) is 1. The standard InChI is InChI=1S/C15H16N2O2/c1-10-2-4-11(5-3-10)14-8-13(17-19-14)9-16-15(18)12-6-7-12/h2-5,8,12H,6-7,9H2,1H3,(H,16,18). The fraction of sp³-hybridized carbons (Fsp3) is 0.333. The Labute approximate surface area is 111 Å². The summed E-state index contributed by atoms with van der Waals surface area (Å²) in [5, 5.41) is 6.85. The number of carbonyl (C=O) groups is 1. The Morgan fingerprint density at radius 1 is 1.37 bits per heavy atom. The van der Waals surface area contributed by atoms with Crippen LogP contribution in [0.5, 0.6) is 0 Å². The molecular formula is C15H16N2O2. The summed E-state index contributed by atoms with van der Waals surface area (Å²) in [6, 6.07) is 9.95. The molecule has 1 aromatic carbocycles. The second-order valence-electron chi connectivity index (χ2n) is 5.04. The Hall–Kier alpha value is -2.10. The second kappa shape index (κ2) is 4.88. The highest BCUT2D eigenvalue weighted by Gasteiger charge is 2.29. The van der Waals surface area contributed by atoms with Gasteiger partial charge in [-0.2, -0.15) is 0 Å². The average molecular weight is 256 g/mol. The minimum Gasteiger partial charge on any atom is -0.356 e. The molecule has 1 amide bonds. The van der Waals surface area contributed by atoms with E-state index in [2.05, 4.69) is 10.5 Å². The molecule has 2 aromatic rings. The zero-order valence-electron chi connectivity index (χ0n) is 10.8. The van der Waals surface area contributed by atoms with Gasteiger partial charge >= 0.3 is 0 Å². The number of nitrogens with zero attached hydrogens (tertiary/aromatic N) is 1. The summed E-state index contributed by atoms with van der Waals surface area (Å²) in [6.07, 6.45) is 2.03. The number of hydrogen-bond acceptors (Lipinski definition) is 3. The topological polar surface area (TPSA) is 55.1 Å². The lowest BCUT2D eigenvalue weighted by Gasteiger charge is -1.99. The van der Waals surface area contributed by atoms with Crippen molar-refractivity contribution in [1.82, 2.24) is 10.5 Å². The molecule has 1 aromatic heterocycles. The van der Waals surface area contributed by atoms with Crippen LogP contribution in [0, 0.1) is 12.8 Å². The lowest BCUT2D eigenvalue weighted by molar-refractivity contribution is -0.122. The third-order valence-corrected chi connectivity index (χ3v) is 3.29. The molecular weight excluding hydrogens is 240 g/mol. The predicted octanol–water partition coefficient (Wildman–Crippen LogP) is 2.68. The van der Waals surface area contributed by atoms with Crippen LogP contribution in [0.3, 0.4) is 0 Å². The van der Waals surface area contributed by atoms with E-state index in [1.54, 1.807) is 0 Å². The zero-order chi connectivity index (χ0) is 13.2. The van der Waals surface area contributed by atoms with Gasteiger partial charge in [0.05, 0.1) is 6.54 Å². The van der Waals surface area contributed by atoms with Gasteiger partial charge in [-0.3, -0.25) is 4.79 Å². The number of aryl methyl sites for hydroxylation is 1. The van der Waals surface area contributed by atoms with Crippen molar-refractivity contribution in [2.45, 2.75) is 26.3 Å². The highest BCUT2D eigenvalue weighted by Crippen LogP contribution is 2.28. The molecule has 0 bridgehead atoms. The van der Waals surface area contributed by atoms with E-state index < -0.39 is 0 Å². The second-order valence-corrected chi connectivity index (χ2v) is 5.04. The minimum absolute atomic E-state index is 0.125. The minimum atomic E-state index is 0.125. The molecule has 0 saturated heterocycles. The molecule has 0 unspecified atom stereocenters. The molecule has 1 heterocycles. The highest BCUT2D eigenvalue weighted by molar-refractivity contribution is 5.80. The Morgan fingerprint density at radius 3 is 2.79 bits per heavy atom. The molecule has 1 saturated carbocycles. The van der Waals surface area contributed by atoms with E-state index in [4.69, 9.17) is 4.52 Å². The highest BCUT2D eigenvalue weighted by atomic mass is 16.5. The van der Waals surface area contributed by atoms with Gasteiger partial charge in [0.2, 0.25) is 5.91 Å². The van der Waals surface area contributed by atoms with E-state index in [1.165, 1.54) is 5.56 Å². The van der Waals surface area contributed by atoms with Crippen molar-refractivity contribution in [3.8, 4) is 11.3 Å². The summed E-state index contributed by atoms with van der Waals surface area (Å²) in [4.78, 5) is 11.5. The molecule has 0 atom stereocenters. The molecule has 0 aliphatic heterocycles. The van der Waals surface area contributed by atoms with E-state index in [0.29, 0.717) is 6.54 Å². The Morgan fingerprint density at radius 2 is 2.11 bits per heavy atom. The first kappa shape index (κ1) is 12.0. The lowest BCUT2D eigenvalue weighted by Crippen LogP contribution is -2.24. The predicted molar refractivity (Wildman–Crippen MR) is 71.2 cm³/mol. The fourth-order valence-electron chi connectivity index (χ4n) is 1.92. The molecule has 0 radical (unpaired) electrons.